The summed E-state index contributed by atoms with van der Waals surface area (Å²) >= 11 is 5.28. The van der Waals surface area contributed by atoms with Gasteiger partial charge in [-0.1, -0.05) is 18.2 Å². The van der Waals surface area contributed by atoms with Gasteiger partial charge in [0.15, 0.2) is 23.2 Å². The van der Waals surface area contributed by atoms with Gasteiger partial charge in [-0.25, -0.2) is 10.2 Å². The Labute approximate surface area is 207 Å². The number of fused-ring (bicyclic) bond motifs is 1. The maximum atomic E-state index is 12.6. The van der Waals surface area contributed by atoms with Crippen molar-refractivity contribution < 1.29 is 28.5 Å². The number of allylic oxidation sites excluding steroid dienone is 1. The molecule has 0 unspecified atom stereocenters. The number of hydrogen-bond donors (Lipinski definition) is 3. The zero-order valence-electron chi connectivity index (χ0n) is 19.1. The van der Waals surface area contributed by atoms with Crippen LogP contribution >= 0.6 is 12.2 Å². The van der Waals surface area contributed by atoms with Crippen LogP contribution in [0.3, 0.4) is 0 Å². The summed E-state index contributed by atoms with van der Waals surface area (Å²) in [5.74, 6) is 0.779. The minimum Gasteiger partial charge on any atom is -0.483 e. The lowest BCUT2D eigenvalue weighted by molar-refractivity contribution is -0.139. The van der Waals surface area contributed by atoms with E-state index in [1.165, 1.54) is 6.21 Å². The summed E-state index contributed by atoms with van der Waals surface area (Å²) in [5.41, 5.74) is 4.77. The summed E-state index contributed by atoms with van der Waals surface area (Å²) in [6.07, 6.45) is 1.49. The standard InChI is InChI=1S/C24H24N4O6S/c1-3-31-23(30)21-14(2)26-24(35)27-22(21)16-6-4-5-7-17(16)32-12-20(29)28-25-11-15-8-9-18-19(10-15)34-13-33-18/h4-11,22H,3,12-13H2,1-2H3,(H,28,29)(H2,26,27,35)/t22-/m1/s1. The maximum Gasteiger partial charge on any atom is 0.338 e. The molecule has 2 heterocycles. The lowest BCUT2D eigenvalue weighted by atomic mass is 9.95. The molecule has 182 valence electrons. The molecule has 1 atom stereocenters. The van der Waals surface area contributed by atoms with Crippen molar-refractivity contribution in [3.63, 3.8) is 0 Å². The van der Waals surface area contributed by atoms with Crippen molar-refractivity contribution >= 4 is 35.4 Å². The van der Waals surface area contributed by atoms with E-state index in [2.05, 4.69) is 21.2 Å². The van der Waals surface area contributed by atoms with Crippen LogP contribution in [0.15, 0.2) is 58.8 Å². The van der Waals surface area contributed by atoms with Crippen molar-refractivity contribution in [1.82, 2.24) is 16.1 Å². The molecule has 0 spiro atoms. The van der Waals surface area contributed by atoms with E-state index >= 15 is 0 Å². The van der Waals surface area contributed by atoms with E-state index in [0.717, 1.165) is 5.56 Å². The van der Waals surface area contributed by atoms with Gasteiger partial charge in [0.1, 0.15) is 5.75 Å². The van der Waals surface area contributed by atoms with E-state index in [1.807, 2.05) is 6.07 Å². The van der Waals surface area contributed by atoms with Crippen molar-refractivity contribution in [3.8, 4) is 17.2 Å². The van der Waals surface area contributed by atoms with Crippen LogP contribution in [0.2, 0.25) is 0 Å². The molecule has 0 saturated carbocycles. The number of thiocarbonyl (C=S) groups is 1. The summed E-state index contributed by atoms with van der Waals surface area (Å²) in [6.45, 7) is 3.62. The van der Waals surface area contributed by atoms with Crippen LogP contribution in [-0.2, 0) is 14.3 Å². The average molecular weight is 497 g/mol. The molecule has 2 aromatic rings. The Hall–Kier alpha value is -4.12. The summed E-state index contributed by atoms with van der Waals surface area (Å²) in [6, 6.07) is 11.8. The number of amides is 1. The Balaban J connectivity index is 1.42. The SMILES string of the molecule is CCOC(=O)C1=C(C)NC(=S)N[C@@H]1c1ccccc1OCC(=O)NN=Cc1ccc2c(c1)OCO2. The van der Waals surface area contributed by atoms with E-state index in [0.29, 0.717) is 39.2 Å². The Bertz CT molecular complexity index is 1210. The van der Waals surface area contributed by atoms with E-state index < -0.39 is 17.9 Å². The number of carbonyl (C=O) groups excluding carboxylic acids is 2. The molecular weight excluding hydrogens is 472 g/mol. The predicted octanol–water partition coefficient (Wildman–Crippen LogP) is 2.30. The first-order valence-electron chi connectivity index (χ1n) is 10.8. The molecule has 2 aliphatic heterocycles. The fraction of sp³-hybridized carbons (Fsp3) is 0.250. The van der Waals surface area contributed by atoms with Gasteiger partial charge in [-0.3, -0.25) is 4.79 Å². The van der Waals surface area contributed by atoms with Gasteiger partial charge in [-0.15, -0.1) is 0 Å². The molecule has 10 nitrogen and oxygen atoms in total. The van der Waals surface area contributed by atoms with E-state index in [1.54, 1.807) is 50.2 Å². The molecule has 0 fully saturated rings. The third-order valence-corrected chi connectivity index (χ3v) is 5.37. The van der Waals surface area contributed by atoms with Gasteiger partial charge in [0, 0.05) is 11.3 Å². The van der Waals surface area contributed by atoms with E-state index in [-0.39, 0.29) is 20.0 Å². The highest BCUT2D eigenvalue weighted by molar-refractivity contribution is 7.80. The Morgan fingerprint density at radius 3 is 2.86 bits per heavy atom. The van der Waals surface area contributed by atoms with E-state index in [4.69, 9.17) is 31.2 Å². The molecular formula is C24H24N4O6S. The van der Waals surface area contributed by atoms with Crippen LogP contribution in [-0.4, -0.2) is 43.2 Å². The third kappa shape index (κ3) is 5.69. The van der Waals surface area contributed by atoms with Crippen LogP contribution in [0.5, 0.6) is 17.2 Å². The molecule has 4 rings (SSSR count). The molecule has 2 aliphatic rings. The molecule has 11 heteroatoms. The highest BCUT2D eigenvalue weighted by atomic mass is 32.1. The van der Waals surface area contributed by atoms with Gasteiger partial charge in [-0.05, 0) is 55.9 Å². The molecule has 0 bridgehead atoms. The minimum atomic E-state index is -0.605. The summed E-state index contributed by atoms with van der Waals surface area (Å²) in [4.78, 5) is 25.0. The molecule has 0 aliphatic carbocycles. The molecule has 0 aromatic heterocycles. The van der Waals surface area contributed by atoms with Crippen molar-refractivity contribution in [1.29, 1.82) is 0 Å². The van der Waals surface area contributed by atoms with Crippen LogP contribution < -0.4 is 30.3 Å². The number of hydrazone groups is 1. The number of nitrogens with zero attached hydrogens (tertiary/aromatic N) is 1. The molecule has 35 heavy (non-hydrogen) atoms. The van der Waals surface area contributed by atoms with Crippen molar-refractivity contribution in [2.24, 2.45) is 5.10 Å². The molecule has 0 saturated heterocycles. The Morgan fingerprint density at radius 1 is 1.23 bits per heavy atom. The van der Waals surface area contributed by atoms with Gasteiger partial charge >= 0.3 is 5.97 Å². The van der Waals surface area contributed by atoms with Crippen LogP contribution in [0.25, 0.3) is 0 Å². The first-order valence-corrected chi connectivity index (χ1v) is 11.3. The topological polar surface area (TPSA) is 120 Å². The predicted molar refractivity (Wildman–Crippen MR) is 131 cm³/mol. The molecule has 1 amide bonds. The Morgan fingerprint density at radius 2 is 2.03 bits per heavy atom. The molecule has 2 aromatic carbocycles. The second kappa shape index (κ2) is 10.9. The number of esters is 1. The maximum absolute atomic E-state index is 12.6. The van der Waals surface area contributed by atoms with Gasteiger partial charge in [0.2, 0.25) is 6.79 Å². The zero-order valence-corrected chi connectivity index (χ0v) is 19.9. The number of nitrogens with one attached hydrogen (secondary N) is 3. The number of para-hydroxylation sites is 1. The van der Waals surface area contributed by atoms with Gasteiger partial charge < -0.3 is 29.6 Å². The lowest BCUT2D eigenvalue weighted by Crippen LogP contribution is -2.45. The number of ether oxygens (including phenoxy) is 4. The zero-order chi connectivity index (χ0) is 24.8. The first-order chi connectivity index (χ1) is 17.0. The van der Waals surface area contributed by atoms with Crippen molar-refractivity contribution in [3.05, 3.63) is 64.9 Å². The highest BCUT2D eigenvalue weighted by Gasteiger charge is 2.32. The third-order valence-electron chi connectivity index (χ3n) is 5.15. The first kappa shape index (κ1) is 24.0. The minimum absolute atomic E-state index is 0.181. The van der Waals surface area contributed by atoms with Gasteiger partial charge in [0.25, 0.3) is 5.91 Å². The van der Waals surface area contributed by atoms with Crippen LogP contribution in [0.1, 0.15) is 31.0 Å². The molecule has 3 N–H and O–H groups in total. The second-order valence-electron chi connectivity index (χ2n) is 7.52. The number of rotatable bonds is 8. The van der Waals surface area contributed by atoms with E-state index in [9.17, 15) is 9.59 Å². The quantitative estimate of drug-likeness (QED) is 0.219. The Kier molecular flexibility index (Phi) is 7.46. The summed E-state index contributed by atoms with van der Waals surface area (Å²) in [7, 11) is 0. The largest absolute Gasteiger partial charge is 0.483 e. The van der Waals surface area contributed by atoms with Crippen molar-refractivity contribution in [2.75, 3.05) is 20.0 Å². The second-order valence-corrected chi connectivity index (χ2v) is 7.93. The smallest absolute Gasteiger partial charge is 0.338 e. The number of hydrogen-bond acceptors (Lipinski definition) is 8. The normalized spacial score (nSPS) is 16.5. The number of benzene rings is 2. The monoisotopic (exact) mass is 496 g/mol. The fourth-order valence-electron chi connectivity index (χ4n) is 3.60. The highest BCUT2D eigenvalue weighted by Crippen LogP contribution is 2.34. The summed E-state index contributed by atoms with van der Waals surface area (Å²) in [5, 5.41) is 10.4. The molecule has 0 radical (unpaired) electrons. The average Bonchev–Trinajstić information content (AvgIpc) is 3.30. The summed E-state index contributed by atoms with van der Waals surface area (Å²) < 4.78 is 21.6. The fourth-order valence-corrected chi connectivity index (χ4v) is 3.88. The van der Waals surface area contributed by atoms with Gasteiger partial charge in [0.05, 0.1) is 24.4 Å². The van der Waals surface area contributed by atoms with Gasteiger partial charge in [-0.2, -0.15) is 5.10 Å². The number of carbonyl (C=O) groups is 2. The van der Waals surface area contributed by atoms with Crippen LogP contribution in [0, 0.1) is 0 Å². The van der Waals surface area contributed by atoms with Crippen LogP contribution in [0.4, 0.5) is 0 Å². The lowest BCUT2D eigenvalue weighted by Gasteiger charge is -2.30. The van der Waals surface area contributed by atoms with Crippen molar-refractivity contribution in [2.45, 2.75) is 19.9 Å².